The van der Waals surface area contributed by atoms with Crippen LogP contribution in [0.3, 0.4) is 0 Å². The van der Waals surface area contributed by atoms with Gasteiger partial charge in [0.15, 0.2) is 0 Å². The summed E-state index contributed by atoms with van der Waals surface area (Å²) < 4.78 is 0. The van der Waals surface area contributed by atoms with Gasteiger partial charge in [-0.1, -0.05) is 30.3 Å². The van der Waals surface area contributed by atoms with Crippen molar-refractivity contribution in [1.29, 1.82) is 5.26 Å². The smallest absolute Gasteiger partial charge is 0.234 e. The fraction of sp³-hybridized carbons (Fsp3) is 0.467. The van der Waals surface area contributed by atoms with Crippen molar-refractivity contribution in [2.75, 3.05) is 20.1 Å². The quantitative estimate of drug-likeness (QED) is 0.840. The molecule has 100 valence electrons. The summed E-state index contributed by atoms with van der Waals surface area (Å²) >= 11 is 0. The second-order valence-electron chi connectivity index (χ2n) is 5.13. The molecular formula is C15H19N3O. The summed E-state index contributed by atoms with van der Waals surface area (Å²) in [7, 11) is 1.87. The zero-order valence-corrected chi connectivity index (χ0v) is 11.2. The lowest BCUT2D eigenvalue weighted by Crippen LogP contribution is -2.37. The van der Waals surface area contributed by atoms with E-state index in [0.717, 1.165) is 18.4 Å². The number of rotatable bonds is 6. The molecule has 1 aromatic rings. The molecule has 1 fully saturated rings. The molecular weight excluding hydrogens is 238 g/mol. The first-order chi connectivity index (χ1) is 9.19. The molecule has 1 aliphatic rings. The molecule has 0 saturated heterocycles. The van der Waals surface area contributed by atoms with E-state index in [-0.39, 0.29) is 11.8 Å². The lowest BCUT2D eigenvalue weighted by atomic mass is 10.0. The van der Waals surface area contributed by atoms with Crippen LogP contribution in [-0.2, 0) is 4.79 Å². The maximum absolute atomic E-state index is 11.7. The average Bonchev–Trinajstić information content (AvgIpc) is 3.20. The zero-order chi connectivity index (χ0) is 13.7. The molecule has 1 unspecified atom stereocenters. The molecule has 19 heavy (non-hydrogen) atoms. The van der Waals surface area contributed by atoms with Crippen LogP contribution in [0.1, 0.15) is 24.3 Å². The van der Waals surface area contributed by atoms with E-state index in [1.807, 2.05) is 42.3 Å². The molecule has 1 atom stereocenters. The van der Waals surface area contributed by atoms with Gasteiger partial charge in [0.2, 0.25) is 5.91 Å². The molecule has 0 heterocycles. The Bertz CT molecular complexity index is 462. The van der Waals surface area contributed by atoms with Crippen molar-refractivity contribution >= 4 is 5.91 Å². The molecule has 1 aromatic carbocycles. The molecule has 0 radical (unpaired) electrons. The van der Waals surface area contributed by atoms with Gasteiger partial charge in [0.25, 0.3) is 0 Å². The molecule has 4 nitrogen and oxygen atoms in total. The maximum atomic E-state index is 11.7. The van der Waals surface area contributed by atoms with Gasteiger partial charge in [0, 0.05) is 12.6 Å². The molecule has 4 heteroatoms. The highest BCUT2D eigenvalue weighted by Crippen LogP contribution is 2.18. The van der Waals surface area contributed by atoms with Crippen LogP contribution in [0.2, 0.25) is 0 Å². The van der Waals surface area contributed by atoms with Gasteiger partial charge in [-0.15, -0.1) is 0 Å². The van der Waals surface area contributed by atoms with Gasteiger partial charge in [-0.2, -0.15) is 5.26 Å². The van der Waals surface area contributed by atoms with Crippen LogP contribution in [0, 0.1) is 11.3 Å². The predicted octanol–water partition coefficient (Wildman–Crippen LogP) is 1.50. The molecule has 2 rings (SSSR count). The fourth-order valence-corrected chi connectivity index (χ4v) is 2.03. The van der Waals surface area contributed by atoms with Crippen LogP contribution in [-0.4, -0.2) is 37.0 Å². The van der Waals surface area contributed by atoms with E-state index in [0.29, 0.717) is 19.1 Å². The van der Waals surface area contributed by atoms with E-state index in [1.165, 1.54) is 0 Å². The summed E-state index contributed by atoms with van der Waals surface area (Å²) in [6.45, 7) is 0.917. The van der Waals surface area contributed by atoms with Crippen LogP contribution in [0.5, 0.6) is 0 Å². The Morgan fingerprint density at radius 3 is 2.74 bits per heavy atom. The monoisotopic (exact) mass is 257 g/mol. The van der Waals surface area contributed by atoms with Crippen molar-refractivity contribution in [2.45, 2.75) is 24.8 Å². The Balaban J connectivity index is 1.84. The van der Waals surface area contributed by atoms with Gasteiger partial charge in [0.1, 0.15) is 0 Å². The first-order valence-corrected chi connectivity index (χ1v) is 6.61. The largest absolute Gasteiger partial charge is 0.352 e. The Kier molecular flexibility index (Phi) is 4.53. The number of hydrogen-bond donors (Lipinski definition) is 1. The number of carbonyl (C=O) groups excluding carboxylic acids is 1. The highest BCUT2D eigenvalue weighted by molar-refractivity contribution is 5.78. The van der Waals surface area contributed by atoms with Crippen molar-refractivity contribution in [3.8, 4) is 6.07 Å². The Hall–Kier alpha value is -1.86. The number of hydrogen-bond acceptors (Lipinski definition) is 3. The number of nitrogens with zero attached hydrogens (tertiary/aromatic N) is 2. The van der Waals surface area contributed by atoms with Crippen molar-refractivity contribution in [2.24, 2.45) is 0 Å². The van der Waals surface area contributed by atoms with E-state index in [2.05, 4.69) is 11.4 Å². The molecule has 1 amide bonds. The first-order valence-electron chi connectivity index (χ1n) is 6.61. The number of nitriles is 1. The third-order valence-electron chi connectivity index (χ3n) is 3.21. The van der Waals surface area contributed by atoms with Crippen molar-refractivity contribution < 1.29 is 4.79 Å². The Morgan fingerprint density at radius 1 is 1.47 bits per heavy atom. The van der Waals surface area contributed by atoms with Gasteiger partial charge < -0.3 is 5.32 Å². The Labute approximate surface area is 114 Å². The normalized spacial score (nSPS) is 15.8. The maximum Gasteiger partial charge on any atom is 0.234 e. The molecule has 0 aliphatic heterocycles. The van der Waals surface area contributed by atoms with E-state index >= 15 is 0 Å². The van der Waals surface area contributed by atoms with E-state index in [4.69, 9.17) is 0 Å². The minimum Gasteiger partial charge on any atom is -0.352 e. The average molecular weight is 257 g/mol. The molecule has 1 aliphatic carbocycles. The second-order valence-corrected chi connectivity index (χ2v) is 5.13. The van der Waals surface area contributed by atoms with E-state index in [1.54, 1.807) is 0 Å². The lowest BCUT2D eigenvalue weighted by molar-refractivity contribution is -0.122. The van der Waals surface area contributed by atoms with Crippen LogP contribution in [0.15, 0.2) is 30.3 Å². The third kappa shape index (κ3) is 4.38. The van der Waals surface area contributed by atoms with Crippen molar-refractivity contribution in [1.82, 2.24) is 10.2 Å². The first kappa shape index (κ1) is 13.6. The molecule has 0 spiro atoms. The van der Waals surface area contributed by atoms with Crippen LogP contribution in [0.25, 0.3) is 0 Å². The number of likely N-dealkylation sites (N-methyl/N-ethyl adjacent to an activating group) is 1. The van der Waals surface area contributed by atoms with Crippen molar-refractivity contribution in [3.05, 3.63) is 35.9 Å². The molecule has 0 bridgehead atoms. The van der Waals surface area contributed by atoms with Gasteiger partial charge >= 0.3 is 0 Å². The van der Waals surface area contributed by atoms with E-state index < -0.39 is 0 Å². The summed E-state index contributed by atoms with van der Waals surface area (Å²) in [5, 5.41) is 12.2. The van der Waals surface area contributed by atoms with Gasteiger partial charge in [-0.3, -0.25) is 9.69 Å². The second kappa shape index (κ2) is 6.35. The number of benzene rings is 1. The van der Waals surface area contributed by atoms with Crippen LogP contribution >= 0.6 is 0 Å². The summed E-state index contributed by atoms with van der Waals surface area (Å²) in [5.74, 6) is -0.144. The standard InChI is InChI=1S/C15H19N3O/c1-18(11-15(19)17-14-7-8-14)10-13(9-16)12-5-3-2-4-6-12/h2-6,13-14H,7-8,10-11H2,1H3,(H,17,19). The van der Waals surface area contributed by atoms with Gasteiger partial charge in [-0.05, 0) is 25.5 Å². The summed E-state index contributed by atoms with van der Waals surface area (Å²) in [4.78, 5) is 13.6. The Morgan fingerprint density at radius 2 is 2.16 bits per heavy atom. The highest BCUT2D eigenvalue weighted by atomic mass is 16.2. The summed E-state index contributed by atoms with van der Waals surface area (Å²) in [5.41, 5.74) is 0.999. The van der Waals surface area contributed by atoms with E-state index in [9.17, 15) is 10.1 Å². The topological polar surface area (TPSA) is 56.1 Å². The molecule has 0 aromatic heterocycles. The fourth-order valence-electron chi connectivity index (χ4n) is 2.03. The molecule has 1 saturated carbocycles. The van der Waals surface area contributed by atoms with Crippen LogP contribution < -0.4 is 5.32 Å². The number of nitrogens with one attached hydrogen (secondary N) is 1. The van der Waals surface area contributed by atoms with Crippen LogP contribution in [0.4, 0.5) is 0 Å². The highest BCUT2D eigenvalue weighted by Gasteiger charge is 2.24. The van der Waals surface area contributed by atoms with Gasteiger partial charge in [-0.25, -0.2) is 0 Å². The number of amides is 1. The zero-order valence-electron chi connectivity index (χ0n) is 11.2. The number of carbonyl (C=O) groups is 1. The van der Waals surface area contributed by atoms with Gasteiger partial charge in [0.05, 0.1) is 18.5 Å². The minimum atomic E-state index is -0.195. The third-order valence-corrected chi connectivity index (χ3v) is 3.21. The SMILES string of the molecule is CN(CC(=O)NC1CC1)CC(C#N)c1ccccc1. The van der Waals surface area contributed by atoms with Crippen molar-refractivity contribution in [3.63, 3.8) is 0 Å². The summed E-state index contributed by atoms with van der Waals surface area (Å²) in [6, 6.07) is 12.4. The summed E-state index contributed by atoms with van der Waals surface area (Å²) in [6.07, 6.45) is 2.20. The predicted molar refractivity (Wildman–Crippen MR) is 73.5 cm³/mol. The minimum absolute atomic E-state index is 0.0507. The lowest BCUT2D eigenvalue weighted by Gasteiger charge is -2.19. The molecule has 1 N–H and O–H groups in total.